The third kappa shape index (κ3) is 8.53. The van der Waals surface area contributed by atoms with Gasteiger partial charge in [-0.3, -0.25) is 0 Å². The first-order chi connectivity index (χ1) is 24.1. The summed E-state index contributed by atoms with van der Waals surface area (Å²) in [6.45, 7) is 0. The van der Waals surface area contributed by atoms with Crippen LogP contribution in [0.2, 0.25) is 0 Å². The van der Waals surface area contributed by atoms with Crippen LogP contribution in [-0.2, 0) is 17.8 Å². The molecule has 0 saturated heterocycles. The second-order valence-corrected chi connectivity index (χ2v) is 10.6. The zero-order valence-corrected chi connectivity index (χ0v) is 25.5. The highest BCUT2D eigenvalue weighted by Gasteiger charge is 2.72. The lowest BCUT2D eigenvalue weighted by atomic mass is 9.72. The van der Waals surface area contributed by atoms with Gasteiger partial charge < -0.3 is 20.4 Å². The molecule has 0 fully saturated rings. The SMILES string of the molecule is O=C(O)c1ccc(-c2ccc(C(=O)O)cc2C(F)(F)F)c(C(F)(F)F)c1.O=C(O)c1cccc(C(c2cccc(C(=O)O)c2)(C(F)(F)F)C(F)(F)F)c1. The van der Waals surface area contributed by atoms with E-state index in [2.05, 4.69) is 0 Å². The summed E-state index contributed by atoms with van der Waals surface area (Å²) in [5.74, 6) is -6.79. The summed E-state index contributed by atoms with van der Waals surface area (Å²) in [7, 11) is 0. The molecule has 0 heterocycles. The molecule has 4 N–H and O–H groups in total. The molecule has 20 heteroatoms. The lowest BCUT2D eigenvalue weighted by Gasteiger charge is -2.38. The number of hydrogen-bond donors (Lipinski definition) is 4. The first-order valence-electron chi connectivity index (χ1n) is 13.8. The van der Waals surface area contributed by atoms with Gasteiger partial charge in [0.25, 0.3) is 0 Å². The van der Waals surface area contributed by atoms with E-state index in [9.17, 15) is 71.9 Å². The Hall–Kier alpha value is -6.08. The van der Waals surface area contributed by atoms with E-state index in [1.54, 1.807) is 0 Å². The van der Waals surface area contributed by atoms with Crippen LogP contribution in [0.3, 0.4) is 0 Å². The number of rotatable bonds is 7. The highest BCUT2D eigenvalue weighted by Crippen LogP contribution is 2.56. The Balaban J connectivity index is 0.000000286. The van der Waals surface area contributed by atoms with E-state index < -0.39 is 110 Å². The average Bonchev–Trinajstić information content (AvgIpc) is 3.03. The van der Waals surface area contributed by atoms with Crippen LogP contribution < -0.4 is 0 Å². The van der Waals surface area contributed by atoms with Gasteiger partial charge in [-0.15, -0.1) is 0 Å². The van der Waals surface area contributed by atoms with Crippen molar-refractivity contribution >= 4 is 23.9 Å². The van der Waals surface area contributed by atoms with Crippen molar-refractivity contribution in [2.75, 3.05) is 0 Å². The van der Waals surface area contributed by atoms with Gasteiger partial charge in [0.05, 0.1) is 33.4 Å². The molecule has 0 spiro atoms. The monoisotopic (exact) mass is 770 g/mol. The zero-order chi connectivity index (χ0) is 40.5. The molecular formula is C33H18F12O8. The van der Waals surface area contributed by atoms with Crippen LogP contribution in [0.1, 0.15) is 63.7 Å². The summed E-state index contributed by atoms with van der Waals surface area (Å²) in [5.41, 5.74) is -15.4. The maximum absolute atomic E-state index is 13.9. The summed E-state index contributed by atoms with van der Waals surface area (Å²) in [6.07, 6.45) is -22.1. The molecule has 0 saturated carbocycles. The van der Waals surface area contributed by atoms with Gasteiger partial charge in [0, 0.05) is 0 Å². The minimum absolute atomic E-state index is 0.225. The predicted molar refractivity (Wildman–Crippen MR) is 155 cm³/mol. The molecule has 282 valence electrons. The lowest BCUT2D eigenvalue weighted by molar-refractivity contribution is -0.288. The van der Waals surface area contributed by atoms with E-state index in [-0.39, 0.29) is 24.3 Å². The van der Waals surface area contributed by atoms with Crippen molar-refractivity contribution in [2.24, 2.45) is 0 Å². The standard InChI is InChI=1S/C17H10F6O4.C16H8F6O4/c18-16(19,20)15(17(21,22)23,11-5-1-3-9(7-11)13(24)25)12-6-2-4-10(8-12)14(26)27;17-15(18,19)11-5-7(13(23)24)1-3-9(11)10-4-2-8(14(25)26)6-12(10)16(20,21)22/h1-8H,(H,24,25)(H,26,27);1-6H,(H,23,24)(H,25,26). The Morgan fingerprint density at radius 1 is 0.396 bits per heavy atom. The van der Waals surface area contributed by atoms with E-state index in [1.165, 1.54) is 0 Å². The number of halogens is 12. The molecule has 0 atom stereocenters. The Kier molecular flexibility index (Phi) is 11.3. The van der Waals surface area contributed by atoms with Gasteiger partial charge >= 0.3 is 48.6 Å². The molecule has 0 bridgehead atoms. The van der Waals surface area contributed by atoms with Crippen LogP contribution >= 0.6 is 0 Å². The molecule has 4 aromatic carbocycles. The van der Waals surface area contributed by atoms with Gasteiger partial charge in [0.1, 0.15) is 0 Å². The number of carboxylic acids is 4. The Morgan fingerprint density at radius 3 is 0.925 bits per heavy atom. The summed E-state index contributed by atoms with van der Waals surface area (Å²) in [6, 6.07) is 7.89. The van der Waals surface area contributed by atoms with Gasteiger partial charge in [-0.05, 0) is 70.8 Å². The highest BCUT2D eigenvalue weighted by atomic mass is 19.4. The quantitative estimate of drug-likeness (QED) is 0.136. The fourth-order valence-corrected chi connectivity index (χ4v) is 5.05. The van der Waals surface area contributed by atoms with Crippen LogP contribution in [0.15, 0.2) is 84.9 Å². The van der Waals surface area contributed by atoms with E-state index in [0.29, 0.717) is 24.3 Å². The largest absolute Gasteiger partial charge is 0.478 e. The molecule has 4 aromatic rings. The molecule has 0 amide bonds. The van der Waals surface area contributed by atoms with Gasteiger partial charge in [-0.1, -0.05) is 36.4 Å². The molecule has 0 aliphatic rings. The number of benzene rings is 4. The minimum Gasteiger partial charge on any atom is -0.478 e. The van der Waals surface area contributed by atoms with Crippen LogP contribution in [0.25, 0.3) is 11.1 Å². The van der Waals surface area contributed by atoms with Crippen molar-refractivity contribution in [3.05, 3.63) is 129 Å². The fourth-order valence-electron chi connectivity index (χ4n) is 5.05. The van der Waals surface area contributed by atoms with E-state index in [4.69, 9.17) is 20.4 Å². The number of alkyl halides is 12. The molecule has 53 heavy (non-hydrogen) atoms. The molecule has 0 aliphatic heterocycles. The molecule has 0 unspecified atom stereocenters. The minimum atomic E-state index is -5.94. The number of hydrogen-bond acceptors (Lipinski definition) is 4. The van der Waals surface area contributed by atoms with Crippen LogP contribution in [0.5, 0.6) is 0 Å². The molecule has 4 rings (SSSR count). The van der Waals surface area contributed by atoms with Gasteiger partial charge in [0.15, 0.2) is 0 Å². The molecule has 0 aromatic heterocycles. The summed E-state index contributed by atoms with van der Waals surface area (Å²) in [5, 5.41) is 35.5. The van der Waals surface area contributed by atoms with Crippen molar-refractivity contribution in [1.29, 1.82) is 0 Å². The maximum Gasteiger partial charge on any atom is 0.417 e. The fraction of sp³-hybridized carbons (Fsp3) is 0.152. The highest BCUT2D eigenvalue weighted by molar-refractivity contribution is 5.91. The normalized spacial score (nSPS) is 12.4. The molecule has 0 radical (unpaired) electrons. The third-order valence-corrected chi connectivity index (χ3v) is 7.37. The predicted octanol–water partition coefficient (Wildman–Crippen LogP) is 9.28. The second kappa shape index (κ2) is 14.5. The summed E-state index contributed by atoms with van der Waals surface area (Å²) in [4.78, 5) is 43.8. The van der Waals surface area contributed by atoms with Gasteiger partial charge in [-0.2, -0.15) is 52.7 Å². The van der Waals surface area contributed by atoms with E-state index in [1.807, 2.05) is 0 Å². The molecular weight excluding hydrogens is 752 g/mol. The van der Waals surface area contributed by atoms with Gasteiger partial charge in [0.2, 0.25) is 5.41 Å². The van der Waals surface area contributed by atoms with Gasteiger partial charge in [-0.25, -0.2) is 19.2 Å². The molecule has 0 aliphatic carbocycles. The first-order valence-corrected chi connectivity index (χ1v) is 13.8. The van der Waals surface area contributed by atoms with Crippen molar-refractivity contribution in [3.8, 4) is 11.1 Å². The Labute approximate surface area is 287 Å². The lowest BCUT2D eigenvalue weighted by Crippen LogP contribution is -2.54. The van der Waals surface area contributed by atoms with E-state index >= 15 is 0 Å². The number of carbonyl (C=O) groups is 4. The van der Waals surface area contributed by atoms with E-state index in [0.717, 1.165) is 36.4 Å². The summed E-state index contributed by atoms with van der Waals surface area (Å²) < 4.78 is 163. The van der Waals surface area contributed by atoms with Crippen molar-refractivity contribution in [3.63, 3.8) is 0 Å². The smallest absolute Gasteiger partial charge is 0.417 e. The first kappa shape index (κ1) is 41.3. The number of carboxylic acid groups (broad SMARTS) is 4. The van der Waals surface area contributed by atoms with Crippen LogP contribution in [0.4, 0.5) is 52.7 Å². The average molecular weight is 770 g/mol. The maximum atomic E-state index is 13.9. The topological polar surface area (TPSA) is 149 Å². The second-order valence-electron chi connectivity index (χ2n) is 10.6. The number of aromatic carboxylic acids is 4. The van der Waals surface area contributed by atoms with Crippen LogP contribution in [0, 0.1) is 0 Å². The zero-order valence-electron chi connectivity index (χ0n) is 25.5. The summed E-state index contributed by atoms with van der Waals surface area (Å²) >= 11 is 0. The Bertz CT molecular complexity index is 1920. The third-order valence-electron chi connectivity index (χ3n) is 7.37. The van der Waals surface area contributed by atoms with Crippen molar-refractivity contribution in [2.45, 2.75) is 30.1 Å². The van der Waals surface area contributed by atoms with Crippen molar-refractivity contribution in [1.82, 2.24) is 0 Å². The Morgan fingerprint density at radius 2 is 0.679 bits per heavy atom. The van der Waals surface area contributed by atoms with Crippen molar-refractivity contribution < 1.29 is 92.3 Å². The molecule has 8 nitrogen and oxygen atoms in total. The van der Waals surface area contributed by atoms with Crippen LogP contribution in [-0.4, -0.2) is 56.7 Å².